The number of hydrogen-bond acceptors (Lipinski definition) is 8. The number of ether oxygens (including phenoxy) is 1. The summed E-state index contributed by atoms with van der Waals surface area (Å²) < 4.78 is 32.8. The van der Waals surface area contributed by atoms with E-state index < -0.39 is 15.8 Å². The normalized spacial score (nSPS) is 24.8. The van der Waals surface area contributed by atoms with Crippen LogP contribution in [0.2, 0.25) is 0 Å². The highest BCUT2D eigenvalue weighted by molar-refractivity contribution is 7.89. The van der Waals surface area contributed by atoms with Crippen molar-refractivity contribution in [1.82, 2.24) is 9.21 Å². The summed E-state index contributed by atoms with van der Waals surface area (Å²) in [5.74, 6) is -0.195. The first-order chi connectivity index (χ1) is 14.0. The molecule has 0 aromatic heterocycles. The van der Waals surface area contributed by atoms with Gasteiger partial charge in [0.15, 0.2) is 5.75 Å². The summed E-state index contributed by atoms with van der Waals surface area (Å²) in [6, 6.07) is 4.37. The second-order valence-corrected chi connectivity index (χ2v) is 10.4. The van der Waals surface area contributed by atoms with Gasteiger partial charge in [0.05, 0.1) is 29.0 Å². The number of hydrogen-bond donors (Lipinski definition) is 3. The Hall–Kier alpha value is -2.56. The summed E-state index contributed by atoms with van der Waals surface area (Å²) in [5.41, 5.74) is 6.65. The summed E-state index contributed by atoms with van der Waals surface area (Å²) in [5, 5.41) is 13.5. The number of nitrogens with zero attached hydrogens (tertiary/aromatic N) is 2. The number of Topliss-reactive ketones (excluding diaryl/α,β-unsaturated/α-hetero) is 1. The number of nitrogens with two attached hydrogens (primary N) is 1. The summed E-state index contributed by atoms with van der Waals surface area (Å²) in [4.78, 5) is 14.5. The molecular weight excluding hydrogens is 408 g/mol. The maximum Gasteiger partial charge on any atom is 0.246 e. The zero-order valence-electron chi connectivity index (χ0n) is 17.2. The van der Waals surface area contributed by atoms with Crippen molar-refractivity contribution < 1.29 is 23.1 Å². The zero-order chi connectivity index (χ0) is 21.8. The predicted octanol–water partition coefficient (Wildman–Crippen LogP) is 0.804. The Morgan fingerprint density at radius 3 is 2.40 bits per heavy atom. The van der Waals surface area contributed by atoms with Crippen LogP contribution in [0.3, 0.4) is 0 Å². The molecule has 1 aromatic rings. The molecule has 4 N–H and O–H groups in total. The predicted molar refractivity (Wildman–Crippen MR) is 111 cm³/mol. The number of ketones is 1. The van der Waals surface area contributed by atoms with Crippen molar-refractivity contribution >= 4 is 21.5 Å². The van der Waals surface area contributed by atoms with E-state index in [4.69, 9.17) is 10.5 Å². The Bertz CT molecular complexity index is 1080. The van der Waals surface area contributed by atoms with Gasteiger partial charge in [0, 0.05) is 26.2 Å². The molecule has 3 aliphatic rings. The molecule has 0 unspecified atom stereocenters. The van der Waals surface area contributed by atoms with Crippen LogP contribution in [0.1, 0.15) is 13.8 Å². The Morgan fingerprint density at radius 1 is 1.20 bits per heavy atom. The molecule has 0 bridgehead atoms. The van der Waals surface area contributed by atoms with Crippen LogP contribution in [0.25, 0.3) is 0 Å². The first-order valence-electron chi connectivity index (χ1n) is 9.74. The first kappa shape index (κ1) is 20.7. The van der Waals surface area contributed by atoms with Crippen molar-refractivity contribution in [2.75, 3.05) is 45.2 Å². The van der Waals surface area contributed by atoms with Gasteiger partial charge in [0.2, 0.25) is 15.8 Å². The molecule has 0 saturated carbocycles. The summed E-state index contributed by atoms with van der Waals surface area (Å²) in [6.45, 7) is 6.37. The molecule has 0 atom stereocenters. The molecule has 0 spiro atoms. The third kappa shape index (κ3) is 3.15. The lowest BCUT2D eigenvalue weighted by Gasteiger charge is -2.41. The van der Waals surface area contributed by atoms with Gasteiger partial charge in [-0.2, -0.15) is 4.31 Å². The van der Waals surface area contributed by atoms with Crippen molar-refractivity contribution in [3.05, 3.63) is 40.9 Å². The van der Waals surface area contributed by atoms with E-state index in [-0.39, 0.29) is 33.2 Å². The Labute approximate surface area is 175 Å². The molecule has 4 rings (SSSR count). The molecule has 2 aliphatic heterocycles. The number of sulfonamides is 1. The maximum absolute atomic E-state index is 13.0. The number of piperazine rings is 1. The average molecular weight is 435 g/mol. The van der Waals surface area contributed by atoms with E-state index in [1.807, 2.05) is 25.8 Å². The standard InChI is InChI=1S/C20H26N4O5S/c1-20(2)11-29-19(20)14-15(21)16(18(14)26)22-12-5-4-6-13(17(12)25)30(27,28)24-9-7-23(3)8-10-24/h4-6,22,25H,7-11,21H2,1-3H3/b19-14-. The highest BCUT2D eigenvalue weighted by Gasteiger charge is 2.46. The quantitative estimate of drug-likeness (QED) is 0.470. The number of para-hydroxylation sites is 1. The average Bonchev–Trinajstić information content (AvgIpc) is 2.70. The second kappa shape index (κ2) is 7.00. The van der Waals surface area contributed by atoms with Gasteiger partial charge >= 0.3 is 0 Å². The lowest BCUT2D eigenvalue weighted by atomic mass is 9.78. The molecule has 10 heteroatoms. The van der Waals surface area contributed by atoms with Crippen molar-refractivity contribution in [1.29, 1.82) is 0 Å². The first-order valence-corrected chi connectivity index (χ1v) is 11.2. The number of rotatable bonds is 4. The lowest BCUT2D eigenvalue weighted by molar-refractivity contribution is -0.114. The van der Waals surface area contributed by atoms with E-state index in [2.05, 4.69) is 5.32 Å². The number of carbonyl (C=O) groups is 1. The molecule has 0 amide bonds. The molecular formula is C20H26N4O5S. The molecule has 2 heterocycles. The number of nitrogens with one attached hydrogen (secondary N) is 1. The molecule has 1 aliphatic carbocycles. The number of phenols is 1. The minimum absolute atomic E-state index is 0.106. The maximum atomic E-state index is 13.0. The Morgan fingerprint density at radius 2 is 1.87 bits per heavy atom. The van der Waals surface area contributed by atoms with Gasteiger partial charge in [-0.25, -0.2) is 8.42 Å². The number of allylic oxidation sites excluding steroid dienone is 2. The van der Waals surface area contributed by atoms with Crippen LogP contribution in [0.4, 0.5) is 5.69 Å². The third-order valence-electron chi connectivity index (χ3n) is 5.75. The van der Waals surface area contributed by atoms with Gasteiger partial charge in [0.25, 0.3) is 0 Å². The van der Waals surface area contributed by atoms with Gasteiger partial charge < -0.3 is 25.8 Å². The van der Waals surface area contributed by atoms with E-state index in [0.717, 1.165) is 0 Å². The number of likely N-dealkylation sites (N-methyl/N-ethyl adjacent to an activating group) is 1. The molecule has 1 aromatic carbocycles. The van der Waals surface area contributed by atoms with E-state index in [1.54, 1.807) is 0 Å². The molecule has 162 valence electrons. The highest BCUT2D eigenvalue weighted by Crippen LogP contribution is 2.45. The van der Waals surface area contributed by atoms with Crippen LogP contribution < -0.4 is 11.1 Å². The minimum atomic E-state index is -3.87. The molecule has 2 saturated heterocycles. The molecule has 9 nitrogen and oxygen atoms in total. The van der Waals surface area contributed by atoms with Crippen molar-refractivity contribution in [2.45, 2.75) is 18.7 Å². The second-order valence-electron chi connectivity index (χ2n) is 8.48. The van der Waals surface area contributed by atoms with Crippen LogP contribution in [-0.4, -0.2) is 68.3 Å². The molecule has 0 radical (unpaired) electrons. The SMILES string of the molecule is CN1CCN(S(=O)(=O)c2cccc(NC3=C(N)/C(=C4/OCC4(C)C)C3=O)c2O)CC1. The number of benzene rings is 1. The number of anilines is 1. The minimum Gasteiger partial charge on any atom is -0.504 e. The van der Waals surface area contributed by atoms with E-state index in [1.165, 1.54) is 22.5 Å². The topological polar surface area (TPSA) is 125 Å². The van der Waals surface area contributed by atoms with Crippen molar-refractivity contribution in [3.63, 3.8) is 0 Å². The van der Waals surface area contributed by atoms with Crippen LogP contribution in [-0.2, 0) is 19.6 Å². The number of aromatic hydroxyl groups is 1. The molecule has 30 heavy (non-hydrogen) atoms. The summed E-state index contributed by atoms with van der Waals surface area (Å²) >= 11 is 0. The van der Waals surface area contributed by atoms with Crippen LogP contribution >= 0.6 is 0 Å². The third-order valence-corrected chi connectivity index (χ3v) is 7.68. The number of phenolic OH excluding ortho intramolecular Hbond substituents is 1. The van der Waals surface area contributed by atoms with Gasteiger partial charge in [-0.05, 0) is 33.0 Å². The van der Waals surface area contributed by atoms with Gasteiger partial charge in [-0.1, -0.05) is 6.07 Å². The monoisotopic (exact) mass is 434 g/mol. The summed E-state index contributed by atoms with van der Waals surface area (Å²) in [6.07, 6.45) is 0. The molecule has 2 fully saturated rings. The van der Waals surface area contributed by atoms with E-state index in [0.29, 0.717) is 44.1 Å². The number of carbonyl (C=O) groups excluding carboxylic acids is 1. The fraction of sp³-hybridized carbons (Fsp3) is 0.450. The fourth-order valence-electron chi connectivity index (χ4n) is 3.76. The van der Waals surface area contributed by atoms with Gasteiger partial charge in [-0.15, -0.1) is 0 Å². The van der Waals surface area contributed by atoms with Crippen LogP contribution in [0, 0.1) is 5.41 Å². The fourth-order valence-corrected chi connectivity index (χ4v) is 5.29. The zero-order valence-corrected chi connectivity index (χ0v) is 18.0. The van der Waals surface area contributed by atoms with Crippen LogP contribution in [0.5, 0.6) is 5.75 Å². The Balaban J connectivity index is 1.62. The van der Waals surface area contributed by atoms with Crippen molar-refractivity contribution in [2.24, 2.45) is 11.1 Å². The largest absolute Gasteiger partial charge is 0.504 e. The lowest BCUT2D eigenvalue weighted by Crippen LogP contribution is -2.47. The summed E-state index contributed by atoms with van der Waals surface area (Å²) in [7, 11) is -1.94. The van der Waals surface area contributed by atoms with Crippen molar-refractivity contribution in [3.8, 4) is 5.75 Å². The van der Waals surface area contributed by atoms with Gasteiger partial charge in [-0.3, -0.25) is 4.79 Å². The smallest absolute Gasteiger partial charge is 0.246 e. The highest BCUT2D eigenvalue weighted by atomic mass is 32.2. The Kier molecular flexibility index (Phi) is 4.83. The van der Waals surface area contributed by atoms with E-state index >= 15 is 0 Å². The van der Waals surface area contributed by atoms with Crippen LogP contribution in [0.15, 0.2) is 45.8 Å². The van der Waals surface area contributed by atoms with Gasteiger partial charge in [0.1, 0.15) is 16.4 Å². The van der Waals surface area contributed by atoms with E-state index in [9.17, 15) is 18.3 Å².